The maximum absolute atomic E-state index is 9.38. The van der Waals surface area contributed by atoms with E-state index in [-0.39, 0.29) is 11.5 Å². The summed E-state index contributed by atoms with van der Waals surface area (Å²) in [5.41, 5.74) is 0.0857. The topological polar surface area (TPSA) is 36.3 Å². The molecule has 3 heteroatoms. The van der Waals surface area contributed by atoms with Crippen LogP contribution in [-0.2, 0) is 4.74 Å². The Kier molecular flexibility index (Phi) is 4.06. The molecule has 0 aromatic carbocycles. The molecule has 0 spiro atoms. The average molecular weight is 236 g/mol. The third-order valence-electron chi connectivity index (χ3n) is 4.25. The lowest BCUT2D eigenvalue weighted by atomic mass is 9.89. The van der Waals surface area contributed by atoms with Gasteiger partial charge in [0.2, 0.25) is 0 Å². The maximum Gasteiger partial charge on any atom is 0.0672 e. The van der Waals surface area contributed by atoms with E-state index >= 15 is 0 Å². The molecular weight excluding hydrogens is 212 g/mol. The summed E-state index contributed by atoms with van der Waals surface area (Å²) in [4.78, 5) is 2.54. The monoisotopic (exact) mass is 236 g/mol. The van der Waals surface area contributed by atoms with Gasteiger partial charge in [-0.2, -0.15) is 5.26 Å². The second-order valence-electron chi connectivity index (χ2n) is 6.00. The van der Waals surface area contributed by atoms with Crippen molar-refractivity contribution in [1.82, 2.24) is 4.90 Å². The number of morpholine rings is 1. The largest absolute Gasteiger partial charge is 0.378 e. The number of ether oxygens (including phenoxy) is 1. The van der Waals surface area contributed by atoms with Gasteiger partial charge in [-0.05, 0) is 26.7 Å². The SMILES string of the molecule is CC1(C)COCCN1C1CCCCCC1C#N. The molecule has 1 saturated heterocycles. The summed E-state index contributed by atoms with van der Waals surface area (Å²) in [6.07, 6.45) is 6.05. The molecule has 2 atom stereocenters. The van der Waals surface area contributed by atoms with Crippen molar-refractivity contribution in [2.75, 3.05) is 19.8 Å². The fraction of sp³-hybridized carbons (Fsp3) is 0.929. The molecule has 0 radical (unpaired) electrons. The normalized spacial score (nSPS) is 34.9. The van der Waals surface area contributed by atoms with E-state index in [1.807, 2.05) is 0 Å². The molecule has 0 amide bonds. The molecule has 2 fully saturated rings. The Morgan fingerprint density at radius 1 is 1.24 bits per heavy atom. The highest BCUT2D eigenvalue weighted by Crippen LogP contribution is 2.32. The highest BCUT2D eigenvalue weighted by atomic mass is 16.5. The van der Waals surface area contributed by atoms with Crippen LogP contribution in [0.1, 0.15) is 46.0 Å². The zero-order chi connectivity index (χ0) is 12.3. The zero-order valence-electron chi connectivity index (χ0n) is 11.1. The lowest BCUT2D eigenvalue weighted by molar-refractivity contribution is -0.0800. The summed E-state index contributed by atoms with van der Waals surface area (Å²) in [5, 5.41) is 9.38. The van der Waals surface area contributed by atoms with Crippen LogP contribution in [0.5, 0.6) is 0 Å². The van der Waals surface area contributed by atoms with E-state index in [0.717, 1.165) is 26.2 Å². The summed E-state index contributed by atoms with van der Waals surface area (Å²) in [7, 11) is 0. The van der Waals surface area contributed by atoms with E-state index in [4.69, 9.17) is 4.74 Å². The van der Waals surface area contributed by atoms with Gasteiger partial charge >= 0.3 is 0 Å². The Balaban J connectivity index is 2.14. The number of hydrogen-bond acceptors (Lipinski definition) is 3. The van der Waals surface area contributed by atoms with Crippen molar-refractivity contribution in [2.24, 2.45) is 5.92 Å². The Morgan fingerprint density at radius 2 is 2.00 bits per heavy atom. The minimum absolute atomic E-state index is 0.0857. The molecule has 0 bridgehead atoms. The van der Waals surface area contributed by atoms with Crippen molar-refractivity contribution < 1.29 is 4.74 Å². The van der Waals surface area contributed by atoms with Crippen molar-refractivity contribution in [3.8, 4) is 6.07 Å². The molecule has 96 valence electrons. The van der Waals surface area contributed by atoms with Crippen LogP contribution in [0.25, 0.3) is 0 Å². The maximum atomic E-state index is 9.38. The number of hydrogen-bond donors (Lipinski definition) is 0. The summed E-state index contributed by atoms with van der Waals surface area (Å²) in [6.45, 7) is 7.08. The van der Waals surface area contributed by atoms with E-state index in [1.54, 1.807) is 0 Å². The van der Waals surface area contributed by atoms with Gasteiger partial charge in [0.05, 0.1) is 25.2 Å². The number of nitrogens with zero attached hydrogens (tertiary/aromatic N) is 2. The van der Waals surface area contributed by atoms with Gasteiger partial charge in [-0.3, -0.25) is 4.90 Å². The van der Waals surface area contributed by atoms with Crippen LogP contribution in [0.2, 0.25) is 0 Å². The summed E-state index contributed by atoms with van der Waals surface area (Å²) >= 11 is 0. The average Bonchev–Trinajstić information content (AvgIpc) is 2.53. The lowest BCUT2D eigenvalue weighted by Gasteiger charge is -2.47. The molecule has 0 N–H and O–H groups in total. The molecular formula is C14H24N2O. The highest BCUT2D eigenvalue weighted by Gasteiger charge is 2.39. The van der Waals surface area contributed by atoms with Gasteiger partial charge in [-0.25, -0.2) is 0 Å². The van der Waals surface area contributed by atoms with Crippen LogP contribution in [0, 0.1) is 17.2 Å². The molecule has 2 rings (SSSR count). The zero-order valence-corrected chi connectivity index (χ0v) is 11.1. The van der Waals surface area contributed by atoms with Gasteiger partial charge in [-0.15, -0.1) is 0 Å². The van der Waals surface area contributed by atoms with Gasteiger partial charge in [0.25, 0.3) is 0 Å². The molecule has 3 nitrogen and oxygen atoms in total. The van der Waals surface area contributed by atoms with E-state index in [9.17, 15) is 5.26 Å². The molecule has 1 saturated carbocycles. The van der Waals surface area contributed by atoms with Crippen molar-refractivity contribution in [3.05, 3.63) is 0 Å². The van der Waals surface area contributed by atoms with Crippen LogP contribution >= 0.6 is 0 Å². The third kappa shape index (κ3) is 2.81. The first kappa shape index (κ1) is 12.9. The Labute approximate surface area is 105 Å². The predicted octanol–water partition coefficient (Wildman–Crippen LogP) is 2.57. The van der Waals surface area contributed by atoms with E-state index in [2.05, 4.69) is 24.8 Å². The van der Waals surface area contributed by atoms with Gasteiger partial charge in [0.15, 0.2) is 0 Å². The second kappa shape index (κ2) is 5.37. The van der Waals surface area contributed by atoms with E-state index < -0.39 is 0 Å². The Hall–Kier alpha value is -0.590. The minimum Gasteiger partial charge on any atom is -0.378 e. The minimum atomic E-state index is 0.0857. The summed E-state index contributed by atoms with van der Waals surface area (Å²) in [6, 6.07) is 2.99. The fourth-order valence-corrected chi connectivity index (χ4v) is 3.30. The lowest BCUT2D eigenvalue weighted by Crippen LogP contribution is -2.58. The van der Waals surface area contributed by atoms with Crippen LogP contribution in [-0.4, -0.2) is 36.2 Å². The first-order chi connectivity index (χ1) is 8.15. The molecule has 17 heavy (non-hydrogen) atoms. The predicted molar refractivity (Wildman–Crippen MR) is 67.6 cm³/mol. The smallest absolute Gasteiger partial charge is 0.0672 e. The van der Waals surface area contributed by atoms with Crippen LogP contribution < -0.4 is 0 Å². The summed E-state index contributed by atoms with van der Waals surface area (Å²) < 4.78 is 5.58. The molecule has 1 heterocycles. The van der Waals surface area contributed by atoms with Gasteiger partial charge in [0, 0.05) is 18.1 Å². The highest BCUT2D eigenvalue weighted by molar-refractivity contribution is 4.99. The standard InChI is InChI=1S/C14H24N2O/c1-14(2)11-17-9-8-16(14)13-7-5-3-4-6-12(13)10-15/h12-13H,3-9,11H2,1-2H3. The molecule has 1 aliphatic carbocycles. The van der Waals surface area contributed by atoms with Crippen molar-refractivity contribution in [2.45, 2.75) is 57.5 Å². The second-order valence-corrected chi connectivity index (χ2v) is 6.00. The van der Waals surface area contributed by atoms with Gasteiger partial charge in [0.1, 0.15) is 0 Å². The van der Waals surface area contributed by atoms with Crippen LogP contribution in [0.15, 0.2) is 0 Å². The fourth-order valence-electron chi connectivity index (χ4n) is 3.30. The Bertz CT molecular complexity index is 295. The number of rotatable bonds is 1. The molecule has 0 aromatic heterocycles. The first-order valence-electron chi connectivity index (χ1n) is 6.89. The van der Waals surface area contributed by atoms with Gasteiger partial charge in [-0.1, -0.05) is 19.3 Å². The molecule has 1 aliphatic heterocycles. The van der Waals surface area contributed by atoms with Crippen molar-refractivity contribution in [3.63, 3.8) is 0 Å². The van der Waals surface area contributed by atoms with Gasteiger partial charge < -0.3 is 4.74 Å². The number of nitriles is 1. The van der Waals surface area contributed by atoms with E-state index in [1.165, 1.54) is 25.7 Å². The quantitative estimate of drug-likeness (QED) is 0.656. The van der Waals surface area contributed by atoms with Crippen molar-refractivity contribution >= 4 is 0 Å². The van der Waals surface area contributed by atoms with Crippen LogP contribution in [0.4, 0.5) is 0 Å². The van der Waals surface area contributed by atoms with Crippen molar-refractivity contribution in [1.29, 1.82) is 5.26 Å². The summed E-state index contributed by atoms with van der Waals surface area (Å²) in [5.74, 6) is 0.217. The molecule has 2 unspecified atom stereocenters. The first-order valence-corrected chi connectivity index (χ1v) is 6.89. The third-order valence-corrected chi connectivity index (χ3v) is 4.25. The molecule has 0 aromatic rings. The Morgan fingerprint density at radius 3 is 2.71 bits per heavy atom. The van der Waals surface area contributed by atoms with E-state index in [0.29, 0.717) is 6.04 Å². The molecule has 2 aliphatic rings. The van der Waals surface area contributed by atoms with Crippen LogP contribution in [0.3, 0.4) is 0 Å².